The van der Waals surface area contributed by atoms with Gasteiger partial charge in [-0.2, -0.15) is 4.98 Å². The van der Waals surface area contributed by atoms with Gasteiger partial charge < -0.3 is 10.6 Å². The minimum absolute atomic E-state index is 0.501. The maximum atomic E-state index is 5.63. The first-order valence-corrected chi connectivity index (χ1v) is 5.59. The van der Waals surface area contributed by atoms with E-state index in [1.54, 1.807) is 12.3 Å². The Kier molecular flexibility index (Phi) is 3.55. The van der Waals surface area contributed by atoms with Crippen LogP contribution in [0, 0.1) is 0 Å². The average molecular weight is 228 g/mol. The van der Waals surface area contributed by atoms with E-state index >= 15 is 0 Å². The van der Waals surface area contributed by atoms with Crippen LogP contribution in [0.5, 0.6) is 0 Å². The molecule has 0 saturated carbocycles. The molecule has 0 saturated heterocycles. The highest BCUT2D eigenvalue weighted by Gasteiger charge is 2.04. The summed E-state index contributed by atoms with van der Waals surface area (Å²) in [6.45, 7) is 0.869. The summed E-state index contributed by atoms with van der Waals surface area (Å²) in [5, 5.41) is 0. The molecule has 4 nitrogen and oxygen atoms in total. The lowest BCUT2D eigenvalue weighted by Gasteiger charge is -2.16. The average Bonchev–Trinajstić information content (AvgIpc) is 2.37. The Morgan fingerprint density at radius 1 is 1.18 bits per heavy atom. The van der Waals surface area contributed by atoms with Crippen LogP contribution in [0.15, 0.2) is 42.6 Å². The first-order chi connectivity index (χ1) is 8.25. The van der Waals surface area contributed by atoms with Gasteiger partial charge in [0.25, 0.3) is 0 Å². The second kappa shape index (κ2) is 5.30. The maximum absolute atomic E-state index is 5.63. The Bertz CT molecular complexity index is 470. The fraction of sp³-hybridized carbons (Fsp3) is 0.231. The molecule has 0 aliphatic heterocycles. The number of nitrogens with two attached hydrogens (primary N) is 1. The van der Waals surface area contributed by atoms with Crippen molar-refractivity contribution < 1.29 is 0 Å². The molecule has 1 heterocycles. The summed E-state index contributed by atoms with van der Waals surface area (Å²) in [4.78, 5) is 10.4. The van der Waals surface area contributed by atoms with Crippen molar-refractivity contribution >= 4 is 11.8 Å². The van der Waals surface area contributed by atoms with E-state index < -0.39 is 0 Å². The van der Waals surface area contributed by atoms with Gasteiger partial charge in [0.1, 0.15) is 5.82 Å². The van der Waals surface area contributed by atoms with E-state index in [0.29, 0.717) is 11.8 Å². The van der Waals surface area contributed by atoms with Crippen LogP contribution >= 0.6 is 0 Å². The van der Waals surface area contributed by atoms with Crippen LogP contribution in [0.3, 0.4) is 0 Å². The van der Waals surface area contributed by atoms with Crippen LogP contribution < -0.4 is 10.6 Å². The van der Waals surface area contributed by atoms with Crippen molar-refractivity contribution in [2.45, 2.75) is 6.42 Å². The zero-order valence-electron chi connectivity index (χ0n) is 9.87. The van der Waals surface area contributed by atoms with Crippen molar-refractivity contribution in [2.24, 2.45) is 0 Å². The van der Waals surface area contributed by atoms with Gasteiger partial charge in [-0.3, -0.25) is 0 Å². The molecule has 0 unspecified atom stereocenters. The van der Waals surface area contributed by atoms with Gasteiger partial charge in [0.2, 0.25) is 5.95 Å². The third-order valence-corrected chi connectivity index (χ3v) is 2.58. The minimum Gasteiger partial charge on any atom is -0.384 e. The first-order valence-electron chi connectivity index (χ1n) is 5.59. The highest BCUT2D eigenvalue weighted by molar-refractivity contribution is 5.37. The summed E-state index contributed by atoms with van der Waals surface area (Å²) in [5.41, 5.74) is 6.93. The third-order valence-electron chi connectivity index (χ3n) is 2.58. The van der Waals surface area contributed by atoms with E-state index in [1.165, 1.54) is 5.56 Å². The number of aromatic nitrogens is 2. The summed E-state index contributed by atoms with van der Waals surface area (Å²) >= 11 is 0. The van der Waals surface area contributed by atoms with Crippen molar-refractivity contribution in [3.8, 4) is 0 Å². The highest BCUT2D eigenvalue weighted by atomic mass is 15.2. The van der Waals surface area contributed by atoms with Crippen LogP contribution in [-0.4, -0.2) is 23.6 Å². The van der Waals surface area contributed by atoms with Gasteiger partial charge in [0, 0.05) is 19.8 Å². The molecule has 4 heteroatoms. The number of hydrogen-bond acceptors (Lipinski definition) is 4. The van der Waals surface area contributed by atoms with E-state index in [2.05, 4.69) is 22.1 Å². The molecule has 88 valence electrons. The molecule has 0 spiro atoms. The number of benzene rings is 1. The Balaban J connectivity index is 1.96. The number of rotatable bonds is 4. The second-order valence-electron chi connectivity index (χ2n) is 3.94. The van der Waals surface area contributed by atoms with E-state index in [-0.39, 0.29) is 0 Å². The first kappa shape index (κ1) is 11.4. The van der Waals surface area contributed by atoms with E-state index in [9.17, 15) is 0 Å². The van der Waals surface area contributed by atoms with Crippen LogP contribution in [-0.2, 0) is 6.42 Å². The predicted molar refractivity (Wildman–Crippen MR) is 69.9 cm³/mol. The molecule has 2 aromatic rings. The molecule has 0 aliphatic rings. The summed E-state index contributed by atoms with van der Waals surface area (Å²) in [6, 6.07) is 12.0. The van der Waals surface area contributed by atoms with Gasteiger partial charge in [-0.05, 0) is 18.1 Å². The fourth-order valence-electron chi connectivity index (χ4n) is 1.59. The van der Waals surface area contributed by atoms with E-state index in [4.69, 9.17) is 5.73 Å². The Hall–Kier alpha value is -2.10. The van der Waals surface area contributed by atoms with Crippen molar-refractivity contribution in [1.29, 1.82) is 0 Å². The molecule has 0 aliphatic carbocycles. The van der Waals surface area contributed by atoms with Crippen molar-refractivity contribution in [3.05, 3.63) is 48.2 Å². The molecule has 1 aromatic carbocycles. The highest BCUT2D eigenvalue weighted by Crippen LogP contribution is 2.08. The van der Waals surface area contributed by atoms with Gasteiger partial charge in [-0.15, -0.1) is 0 Å². The normalized spacial score (nSPS) is 10.2. The topological polar surface area (TPSA) is 55.0 Å². The van der Waals surface area contributed by atoms with Crippen LogP contribution in [0.4, 0.5) is 11.8 Å². The SMILES string of the molecule is CN(CCc1ccccc1)c1nccc(N)n1. The Morgan fingerprint density at radius 2 is 1.94 bits per heavy atom. The molecule has 0 bridgehead atoms. The number of likely N-dealkylation sites (N-methyl/N-ethyl adjacent to an activating group) is 1. The molecule has 0 atom stereocenters. The maximum Gasteiger partial charge on any atom is 0.226 e. The lowest BCUT2D eigenvalue weighted by atomic mass is 10.1. The predicted octanol–water partition coefficient (Wildman–Crippen LogP) is 1.74. The standard InChI is InChI=1S/C13H16N4/c1-17(13-15-9-7-12(14)16-13)10-8-11-5-3-2-4-6-11/h2-7,9H,8,10H2,1H3,(H2,14,15,16). The van der Waals surface area contributed by atoms with Gasteiger partial charge in [0.15, 0.2) is 0 Å². The molecule has 17 heavy (non-hydrogen) atoms. The zero-order chi connectivity index (χ0) is 12.1. The Labute approximate surface area is 101 Å². The van der Waals surface area contributed by atoms with Gasteiger partial charge >= 0.3 is 0 Å². The molecular formula is C13H16N4. The van der Waals surface area contributed by atoms with Gasteiger partial charge in [-0.1, -0.05) is 30.3 Å². The quantitative estimate of drug-likeness (QED) is 0.866. The fourth-order valence-corrected chi connectivity index (χ4v) is 1.59. The van der Waals surface area contributed by atoms with Crippen LogP contribution in [0.1, 0.15) is 5.56 Å². The third kappa shape index (κ3) is 3.17. The summed E-state index contributed by atoms with van der Waals surface area (Å²) < 4.78 is 0. The lowest BCUT2D eigenvalue weighted by Crippen LogP contribution is -2.22. The number of anilines is 2. The summed E-state index contributed by atoms with van der Waals surface area (Å²) in [7, 11) is 1.97. The monoisotopic (exact) mass is 228 g/mol. The summed E-state index contributed by atoms with van der Waals surface area (Å²) in [5.74, 6) is 1.17. The molecule has 2 N–H and O–H groups in total. The van der Waals surface area contributed by atoms with Crippen molar-refractivity contribution in [2.75, 3.05) is 24.2 Å². The largest absolute Gasteiger partial charge is 0.384 e. The van der Waals surface area contributed by atoms with Crippen LogP contribution in [0.2, 0.25) is 0 Å². The van der Waals surface area contributed by atoms with Crippen LogP contribution in [0.25, 0.3) is 0 Å². The number of nitrogen functional groups attached to an aromatic ring is 1. The van der Waals surface area contributed by atoms with Crippen molar-refractivity contribution in [1.82, 2.24) is 9.97 Å². The Morgan fingerprint density at radius 3 is 2.65 bits per heavy atom. The van der Waals surface area contributed by atoms with Gasteiger partial charge in [0.05, 0.1) is 0 Å². The number of hydrogen-bond donors (Lipinski definition) is 1. The minimum atomic E-state index is 0.501. The second-order valence-corrected chi connectivity index (χ2v) is 3.94. The molecule has 1 aromatic heterocycles. The zero-order valence-corrected chi connectivity index (χ0v) is 9.87. The number of nitrogens with zero attached hydrogens (tertiary/aromatic N) is 3. The molecule has 0 amide bonds. The molecule has 0 fully saturated rings. The molecular weight excluding hydrogens is 212 g/mol. The molecule has 2 rings (SSSR count). The summed E-state index contributed by atoms with van der Waals surface area (Å²) in [6.07, 6.45) is 2.65. The van der Waals surface area contributed by atoms with E-state index in [0.717, 1.165) is 13.0 Å². The van der Waals surface area contributed by atoms with E-state index in [1.807, 2.05) is 30.1 Å². The smallest absolute Gasteiger partial charge is 0.226 e. The molecule has 0 radical (unpaired) electrons. The van der Waals surface area contributed by atoms with Gasteiger partial charge in [-0.25, -0.2) is 4.98 Å². The van der Waals surface area contributed by atoms with Crippen molar-refractivity contribution in [3.63, 3.8) is 0 Å². The lowest BCUT2D eigenvalue weighted by molar-refractivity contribution is 0.839.